The quantitative estimate of drug-likeness (QED) is 0.181. The van der Waals surface area contributed by atoms with Crippen molar-refractivity contribution in [3.05, 3.63) is 129 Å². The molecule has 5 aromatic rings. The number of rotatable bonds is 6. The van der Waals surface area contributed by atoms with Gasteiger partial charge in [0.15, 0.2) is 0 Å². The number of ether oxygens (including phenoxy) is 1. The molecule has 1 amide bonds. The fraction of sp³-hybridized carbons (Fsp3) is 0.278. The van der Waals surface area contributed by atoms with Crippen molar-refractivity contribution in [3.8, 4) is 0 Å². The summed E-state index contributed by atoms with van der Waals surface area (Å²) in [6.45, 7) is 6.35. The minimum absolute atomic E-state index is 0.110. The molecule has 1 aromatic heterocycles. The first-order valence-electron chi connectivity index (χ1n) is 15.3. The molecule has 0 radical (unpaired) electrons. The lowest BCUT2D eigenvalue weighted by Crippen LogP contribution is -2.41. The molecule has 0 unspecified atom stereocenters. The van der Waals surface area contributed by atoms with Crippen LogP contribution in [0.25, 0.3) is 10.9 Å². The number of hydrogen-bond acceptors (Lipinski definition) is 6. The number of benzene rings is 4. The number of carbonyl (C=O) groups excluding carboxylic acids is 1. The van der Waals surface area contributed by atoms with Gasteiger partial charge in [-0.05, 0) is 98.8 Å². The molecule has 4 aromatic carbocycles. The Kier molecular flexibility index (Phi) is 8.86. The van der Waals surface area contributed by atoms with Crippen LogP contribution in [-0.2, 0) is 20.4 Å². The van der Waals surface area contributed by atoms with E-state index in [1.165, 1.54) is 12.1 Å². The number of aromatic nitrogens is 2. The second-order valence-corrected chi connectivity index (χ2v) is 15.4. The fourth-order valence-electron chi connectivity index (χ4n) is 6.06. The number of fused-ring (bicyclic) bond motifs is 1. The van der Waals surface area contributed by atoms with Gasteiger partial charge < -0.3 is 14.7 Å². The van der Waals surface area contributed by atoms with E-state index in [2.05, 4.69) is 0 Å². The van der Waals surface area contributed by atoms with Crippen molar-refractivity contribution in [2.24, 2.45) is 0 Å². The van der Waals surface area contributed by atoms with Crippen LogP contribution in [0.2, 0.25) is 10.0 Å². The van der Waals surface area contributed by atoms with Gasteiger partial charge in [-0.2, -0.15) is 17.6 Å². The highest BCUT2D eigenvalue weighted by molar-refractivity contribution is 7.90. The lowest BCUT2D eigenvalue weighted by molar-refractivity contribution is 0.0204. The van der Waals surface area contributed by atoms with Crippen molar-refractivity contribution in [2.45, 2.75) is 55.6 Å². The monoisotopic (exact) mass is 691 g/mol. The van der Waals surface area contributed by atoms with Gasteiger partial charge in [0.2, 0.25) is 0 Å². The Bertz CT molecular complexity index is 1970. The molecule has 1 aliphatic rings. The van der Waals surface area contributed by atoms with Gasteiger partial charge in [-0.15, -0.1) is 0 Å². The molecule has 0 saturated carbocycles. The Balaban J connectivity index is 1.49. The van der Waals surface area contributed by atoms with E-state index in [0.29, 0.717) is 69.3 Å². The fourth-order valence-corrected chi connectivity index (χ4v) is 7.63. The summed E-state index contributed by atoms with van der Waals surface area (Å²) in [6.07, 6.45) is 0.732. The molecule has 1 N–H and O–H groups in total. The topological polar surface area (TPSA) is 102 Å². The molecule has 244 valence electrons. The van der Waals surface area contributed by atoms with Crippen LogP contribution in [0.15, 0.2) is 102 Å². The van der Waals surface area contributed by atoms with Gasteiger partial charge in [-0.1, -0.05) is 71.7 Å². The average Bonchev–Trinajstić information content (AvgIpc) is 3.45. The second kappa shape index (κ2) is 12.6. The van der Waals surface area contributed by atoms with Crippen LogP contribution in [-0.4, -0.2) is 52.4 Å². The Morgan fingerprint density at radius 1 is 0.830 bits per heavy atom. The van der Waals surface area contributed by atoms with E-state index in [9.17, 15) is 18.3 Å². The normalized spacial score (nSPS) is 14.8. The Morgan fingerprint density at radius 2 is 1.36 bits per heavy atom. The molecule has 2 heterocycles. The molecule has 6 rings (SSSR count). The molecule has 11 heteroatoms. The first-order chi connectivity index (χ1) is 22.3. The molecule has 0 spiro atoms. The first kappa shape index (κ1) is 33.0. The number of amides is 1. The van der Waals surface area contributed by atoms with Crippen molar-refractivity contribution in [3.63, 3.8) is 0 Å². The summed E-state index contributed by atoms with van der Waals surface area (Å²) in [5.74, 6) is -0.155. The van der Waals surface area contributed by atoms with Crippen LogP contribution in [0, 0.1) is 0 Å². The number of halogens is 2. The number of aliphatic hydroxyl groups is 1. The van der Waals surface area contributed by atoms with E-state index in [1.807, 2.05) is 26.8 Å². The van der Waals surface area contributed by atoms with Crippen molar-refractivity contribution >= 4 is 50.2 Å². The van der Waals surface area contributed by atoms with Gasteiger partial charge in [0, 0.05) is 34.4 Å². The summed E-state index contributed by atoms with van der Waals surface area (Å²) in [4.78, 5) is 14.6. The van der Waals surface area contributed by atoms with Crippen LogP contribution in [0.3, 0.4) is 0 Å². The highest BCUT2D eigenvalue weighted by Crippen LogP contribution is 2.41. The summed E-state index contributed by atoms with van der Waals surface area (Å²) in [6, 6.07) is 27.3. The van der Waals surface area contributed by atoms with E-state index in [4.69, 9.17) is 33.0 Å². The van der Waals surface area contributed by atoms with Gasteiger partial charge in [0.05, 0.1) is 16.1 Å². The number of carbonyl (C=O) groups is 1. The second-order valence-electron chi connectivity index (χ2n) is 12.7. The number of nitrogens with zero attached hydrogens (tertiary/aromatic N) is 3. The number of hydrogen-bond donors (Lipinski definition) is 1. The molecule has 47 heavy (non-hydrogen) atoms. The van der Waals surface area contributed by atoms with Gasteiger partial charge >= 0.3 is 6.09 Å². The zero-order valence-electron chi connectivity index (χ0n) is 26.2. The van der Waals surface area contributed by atoms with Crippen LogP contribution >= 0.6 is 23.2 Å². The Morgan fingerprint density at radius 3 is 1.89 bits per heavy atom. The summed E-state index contributed by atoms with van der Waals surface area (Å²) < 4.78 is 34.6. The maximum atomic E-state index is 14.0. The minimum atomic E-state index is -4.06. The SMILES string of the molecule is CC(C)(C)OC(=O)N1CCC(c2nn(S(=O)(=O)c3ccccc3)c3ccc(C(O)(c4ccc(Cl)cc4)c4ccc(Cl)cc4)cc23)CC1. The Labute approximate surface area is 284 Å². The molecule has 0 bridgehead atoms. The van der Waals surface area contributed by atoms with Crippen molar-refractivity contribution < 1.29 is 23.1 Å². The van der Waals surface area contributed by atoms with Crippen LogP contribution < -0.4 is 0 Å². The molecular formula is C36H35Cl2N3O5S. The van der Waals surface area contributed by atoms with Crippen LogP contribution in [0.4, 0.5) is 4.79 Å². The summed E-state index contributed by atoms with van der Waals surface area (Å²) in [7, 11) is -4.06. The standard InChI is InChI=1S/C36H35Cl2N3O5S/c1-35(2,3)46-34(42)40-21-19-24(20-22-40)33-31-23-27(13-18-32(31)41(39-33)47(44,45)30-7-5-4-6-8-30)36(43,25-9-14-28(37)15-10-25)26-11-16-29(38)17-12-26/h4-18,23-24,43H,19-22H2,1-3H3. The molecule has 1 saturated heterocycles. The van der Waals surface area contributed by atoms with Gasteiger partial charge in [0.25, 0.3) is 10.0 Å². The highest BCUT2D eigenvalue weighted by atomic mass is 35.5. The summed E-state index contributed by atoms with van der Waals surface area (Å²) >= 11 is 12.4. The molecule has 1 fully saturated rings. The smallest absolute Gasteiger partial charge is 0.410 e. The summed E-state index contributed by atoms with van der Waals surface area (Å²) in [5, 5.41) is 19.0. The van der Waals surface area contributed by atoms with Crippen molar-refractivity contribution in [1.82, 2.24) is 14.1 Å². The molecule has 0 atom stereocenters. The molecule has 1 aliphatic heterocycles. The largest absolute Gasteiger partial charge is 0.444 e. The molecular weight excluding hydrogens is 657 g/mol. The average molecular weight is 693 g/mol. The van der Waals surface area contributed by atoms with E-state index < -0.39 is 21.2 Å². The highest BCUT2D eigenvalue weighted by Gasteiger charge is 2.37. The minimum Gasteiger partial charge on any atom is -0.444 e. The van der Waals surface area contributed by atoms with Crippen LogP contribution in [0.5, 0.6) is 0 Å². The van der Waals surface area contributed by atoms with Gasteiger partial charge in [-0.3, -0.25) is 0 Å². The zero-order valence-corrected chi connectivity index (χ0v) is 28.6. The van der Waals surface area contributed by atoms with Gasteiger partial charge in [-0.25, -0.2) is 4.79 Å². The third kappa shape index (κ3) is 6.50. The zero-order chi connectivity index (χ0) is 33.6. The van der Waals surface area contributed by atoms with Crippen molar-refractivity contribution in [2.75, 3.05) is 13.1 Å². The summed E-state index contributed by atoms with van der Waals surface area (Å²) in [5.41, 5.74) is 0.368. The van der Waals surface area contributed by atoms with Gasteiger partial charge in [0.1, 0.15) is 11.2 Å². The van der Waals surface area contributed by atoms with E-state index in [0.717, 1.165) is 4.09 Å². The van der Waals surface area contributed by atoms with Crippen LogP contribution in [0.1, 0.15) is 61.9 Å². The first-order valence-corrected chi connectivity index (χ1v) is 17.5. The third-order valence-electron chi connectivity index (χ3n) is 8.42. The Hall–Kier alpha value is -3.89. The molecule has 0 aliphatic carbocycles. The lowest BCUT2D eigenvalue weighted by atomic mass is 9.79. The lowest BCUT2D eigenvalue weighted by Gasteiger charge is -2.33. The number of piperidine rings is 1. The predicted molar refractivity (Wildman–Crippen MR) is 184 cm³/mol. The maximum Gasteiger partial charge on any atom is 0.410 e. The molecule has 8 nitrogen and oxygen atoms in total. The van der Waals surface area contributed by atoms with Crippen molar-refractivity contribution in [1.29, 1.82) is 0 Å². The number of likely N-dealkylation sites (tertiary alicyclic amines) is 1. The van der Waals surface area contributed by atoms with E-state index >= 15 is 0 Å². The predicted octanol–water partition coefficient (Wildman–Crippen LogP) is 7.98. The van der Waals surface area contributed by atoms with E-state index in [1.54, 1.807) is 83.8 Å². The van der Waals surface area contributed by atoms with E-state index in [-0.39, 0.29) is 16.9 Å². The third-order valence-corrected chi connectivity index (χ3v) is 10.5. The maximum absolute atomic E-state index is 14.0.